The van der Waals surface area contributed by atoms with Crippen LogP contribution in [0.5, 0.6) is 0 Å². The van der Waals surface area contributed by atoms with E-state index in [-0.39, 0.29) is 17.3 Å². The molecule has 0 saturated heterocycles. The van der Waals surface area contributed by atoms with Crippen LogP contribution in [-0.4, -0.2) is 22.6 Å². The molecule has 174 valence electrons. The number of aromatic nitrogens is 1. The molecule has 34 heavy (non-hydrogen) atoms. The number of hydrogen-bond donors (Lipinski definition) is 2. The van der Waals surface area contributed by atoms with Crippen molar-refractivity contribution in [2.45, 2.75) is 38.6 Å². The van der Waals surface area contributed by atoms with Crippen LogP contribution in [0.25, 0.3) is 12.2 Å². The van der Waals surface area contributed by atoms with E-state index < -0.39 is 11.4 Å². The first-order valence-electron chi connectivity index (χ1n) is 11.3. The van der Waals surface area contributed by atoms with Gasteiger partial charge in [0, 0.05) is 23.5 Å². The van der Waals surface area contributed by atoms with E-state index in [0.717, 1.165) is 12.0 Å². The number of unbranched alkanes of at least 4 members (excludes halogenated alkanes) is 1. The molecule has 6 heteroatoms. The van der Waals surface area contributed by atoms with Crippen molar-refractivity contribution in [2.75, 3.05) is 0 Å². The van der Waals surface area contributed by atoms with Gasteiger partial charge in [-0.05, 0) is 60.4 Å². The van der Waals surface area contributed by atoms with Crippen molar-refractivity contribution in [2.24, 2.45) is 5.73 Å². The molecule has 0 unspecified atom stereocenters. The van der Waals surface area contributed by atoms with Gasteiger partial charge in [0.05, 0.1) is 0 Å². The first-order valence-corrected chi connectivity index (χ1v) is 11.3. The monoisotopic (exact) mass is 455 g/mol. The summed E-state index contributed by atoms with van der Waals surface area (Å²) in [6.45, 7) is 3.49. The van der Waals surface area contributed by atoms with Gasteiger partial charge in [0.15, 0.2) is 5.78 Å². The molecule has 0 radical (unpaired) electrons. The Bertz CT molecular complexity index is 1190. The summed E-state index contributed by atoms with van der Waals surface area (Å²) in [5.41, 5.74) is 7.03. The lowest BCUT2D eigenvalue weighted by Crippen LogP contribution is -2.51. The number of pyridine rings is 1. The summed E-state index contributed by atoms with van der Waals surface area (Å²) in [5.74, 6) is -1.19. The SMILES string of the molecule is CCCC[C@@](NC(=O)c1ccccc1)(C(C)=O)c1cccc(C(N)=O)c1C=Cc1ccncc1. The highest BCUT2D eigenvalue weighted by Crippen LogP contribution is 2.34. The Morgan fingerprint density at radius 3 is 2.29 bits per heavy atom. The van der Waals surface area contributed by atoms with E-state index >= 15 is 0 Å². The summed E-state index contributed by atoms with van der Waals surface area (Å²) in [5, 5.41) is 3.02. The molecule has 1 heterocycles. The molecule has 2 aromatic carbocycles. The van der Waals surface area contributed by atoms with Gasteiger partial charge in [-0.3, -0.25) is 19.4 Å². The minimum Gasteiger partial charge on any atom is -0.366 e. The minimum absolute atomic E-state index is 0.217. The zero-order valence-corrected chi connectivity index (χ0v) is 19.5. The number of carbonyl (C=O) groups excluding carboxylic acids is 3. The van der Waals surface area contributed by atoms with Gasteiger partial charge in [-0.1, -0.05) is 62.2 Å². The molecular formula is C28H29N3O3. The number of nitrogens with one attached hydrogen (secondary N) is 1. The average molecular weight is 456 g/mol. The van der Waals surface area contributed by atoms with E-state index in [1.807, 2.05) is 31.2 Å². The number of ketones is 1. The van der Waals surface area contributed by atoms with E-state index in [1.165, 1.54) is 6.92 Å². The van der Waals surface area contributed by atoms with Crippen molar-refractivity contribution in [1.82, 2.24) is 10.3 Å². The summed E-state index contributed by atoms with van der Waals surface area (Å²) in [7, 11) is 0. The lowest BCUT2D eigenvalue weighted by atomic mass is 9.77. The van der Waals surface area contributed by atoms with Gasteiger partial charge in [0.25, 0.3) is 5.91 Å². The highest BCUT2D eigenvalue weighted by molar-refractivity contribution is 6.02. The van der Waals surface area contributed by atoms with Crippen molar-refractivity contribution in [3.05, 3.63) is 101 Å². The number of nitrogens with zero attached hydrogens (tertiary/aromatic N) is 1. The largest absolute Gasteiger partial charge is 0.366 e. The smallest absolute Gasteiger partial charge is 0.252 e. The number of nitrogens with two attached hydrogens (primary N) is 1. The van der Waals surface area contributed by atoms with Crippen LogP contribution in [-0.2, 0) is 10.3 Å². The van der Waals surface area contributed by atoms with Crippen molar-refractivity contribution in [3.8, 4) is 0 Å². The molecule has 0 aliphatic rings. The van der Waals surface area contributed by atoms with Crippen molar-refractivity contribution in [1.29, 1.82) is 0 Å². The molecule has 3 rings (SSSR count). The maximum Gasteiger partial charge on any atom is 0.252 e. The maximum atomic E-state index is 13.3. The standard InChI is InChI=1S/C28H29N3O3/c1-3-4-17-28(20(2)32,31-27(34)22-9-6-5-7-10-22)25-12-8-11-24(26(29)33)23(25)14-13-21-15-18-30-19-16-21/h5-16,18-19H,3-4,17H2,1-2H3,(H2,29,33)(H,31,34)/t28-/m1/s1. The second kappa shape index (κ2) is 11.2. The number of Topliss-reactive ketones (excluding diaryl/α,β-unsaturated/α-hetero) is 1. The van der Waals surface area contributed by atoms with Gasteiger partial charge in [-0.25, -0.2) is 0 Å². The topological polar surface area (TPSA) is 102 Å². The van der Waals surface area contributed by atoms with Crippen LogP contribution in [0.15, 0.2) is 73.1 Å². The summed E-state index contributed by atoms with van der Waals surface area (Å²) in [4.78, 5) is 42.9. The second-order valence-electron chi connectivity index (χ2n) is 8.13. The summed E-state index contributed by atoms with van der Waals surface area (Å²) in [6, 6.07) is 17.5. The summed E-state index contributed by atoms with van der Waals surface area (Å²) < 4.78 is 0. The number of hydrogen-bond acceptors (Lipinski definition) is 4. The number of carbonyl (C=O) groups is 3. The van der Waals surface area contributed by atoms with Gasteiger partial charge >= 0.3 is 0 Å². The number of amides is 2. The van der Waals surface area contributed by atoms with E-state index in [0.29, 0.717) is 29.5 Å². The van der Waals surface area contributed by atoms with E-state index in [2.05, 4.69) is 10.3 Å². The Morgan fingerprint density at radius 2 is 1.68 bits per heavy atom. The second-order valence-corrected chi connectivity index (χ2v) is 8.13. The Kier molecular flexibility index (Phi) is 8.09. The molecule has 3 aromatic rings. The molecule has 0 aliphatic heterocycles. The predicted octanol–water partition coefficient (Wildman–Crippen LogP) is 4.76. The van der Waals surface area contributed by atoms with Gasteiger partial charge in [-0.15, -0.1) is 0 Å². The minimum atomic E-state index is -1.33. The zero-order valence-electron chi connectivity index (χ0n) is 19.5. The van der Waals surface area contributed by atoms with Gasteiger partial charge in [-0.2, -0.15) is 0 Å². The summed E-state index contributed by atoms with van der Waals surface area (Å²) >= 11 is 0. The Labute approximate surface area is 199 Å². The maximum absolute atomic E-state index is 13.3. The lowest BCUT2D eigenvalue weighted by molar-refractivity contribution is -0.123. The molecule has 0 saturated carbocycles. The first-order chi connectivity index (χ1) is 16.4. The molecule has 2 amide bonds. The highest BCUT2D eigenvalue weighted by atomic mass is 16.2. The Balaban J connectivity index is 2.20. The Morgan fingerprint density at radius 1 is 0.971 bits per heavy atom. The molecule has 1 aromatic heterocycles. The quantitative estimate of drug-likeness (QED) is 0.460. The third-order valence-corrected chi connectivity index (χ3v) is 5.85. The van der Waals surface area contributed by atoms with E-state index in [9.17, 15) is 14.4 Å². The van der Waals surface area contributed by atoms with Crippen molar-refractivity contribution in [3.63, 3.8) is 0 Å². The summed E-state index contributed by atoms with van der Waals surface area (Å²) in [6.07, 6.45) is 8.84. The van der Waals surface area contributed by atoms with E-state index in [4.69, 9.17) is 5.73 Å². The zero-order chi connectivity index (χ0) is 24.6. The molecule has 1 atom stereocenters. The van der Waals surface area contributed by atoms with Crippen molar-refractivity contribution >= 4 is 29.7 Å². The van der Waals surface area contributed by atoms with Crippen LogP contribution in [0.4, 0.5) is 0 Å². The van der Waals surface area contributed by atoms with Crippen LogP contribution >= 0.6 is 0 Å². The third kappa shape index (κ3) is 5.46. The van der Waals surface area contributed by atoms with Crippen LogP contribution in [0.1, 0.15) is 70.5 Å². The van der Waals surface area contributed by atoms with Crippen LogP contribution in [0.3, 0.4) is 0 Å². The van der Waals surface area contributed by atoms with Gasteiger partial charge in [0.1, 0.15) is 5.54 Å². The normalized spacial score (nSPS) is 12.8. The van der Waals surface area contributed by atoms with Crippen LogP contribution in [0, 0.1) is 0 Å². The Hall–Kier alpha value is -4.06. The number of benzene rings is 2. The highest BCUT2D eigenvalue weighted by Gasteiger charge is 2.40. The number of rotatable bonds is 10. The molecule has 0 bridgehead atoms. The molecule has 0 spiro atoms. The van der Waals surface area contributed by atoms with Gasteiger partial charge < -0.3 is 11.1 Å². The molecule has 3 N–H and O–H groups in total. The van der Waals surface area contributed by atoms with Crippen LogP contribution in [0.2, 0.25) is 0 Å². The first kappa shape index (κ1) is 24.6. The molecule has 6 nitrogen and oxygen atoms in total. The van der Waals surface area contributed by atoms with E-state index in [1.54, 1.807) is 60.9 Å². The fourth-order valence-corrected chi connectivity index (χ4v) is 4.00. The predicted molar refractivity (Wildman–Crippen MR) is 134 cm³/mol. The molecule has 0 fully saturated rings. The van der Waals surface area contributed by atoms with Crippen LogP contribution < -0.4 is 11.1 Å². The molecular weight excluding hydrogens is 426 g/mol. The average Bonchev–Trinajstić information content (AvgIpc) is 2.86. The van der Waals surface area contributed by atoms with Crippen molar-refractivity contribution < 1.29 is 14.4 Å². The fraction of sp³-hybridized carbons (Fsp3) is 0.214. The van der Waals surface area contributed by atoms with Gasteiger partial charge in [0.2, 0.25) is 5.91 Å². The lowest BCUT2D eigenvalue weighted by Gasteiger charge is -2.35. The third-order valence-electron chi connectivity index (χ3n) is 5.85. The molecule has 0 aliphatic carbocycles. The number of primary amides is 1. The fourth-order valence-electron chi connectivity index (χ4n) is 4.00.